The van der Waals surface area contributed by atoms with Crippen molar-refractivity contribution < 1.29 is 0 Å². The smallest absolute Gasteiger partial charge is 0.0193 e. The lowest BCUT2D eigenvalue weighted by Gasteiger charge is -2.47. The zero-order valence-corrected chi connectivity index (χ0v) is 13.2. The quantitative estimate of drug-likeness (QED) is 0.599. The molecule has 0 N–H and O–H groups in total. The molecular formula is C23H20. The molecule has 0 aliphatic heterocycles. The number of hydrogen-bond acceptors (Lipinski definition) is 0. The van der Waals surface area contributed by atoms with E-state index in [0.29, 0.717) is 23.7 Å². The highest BCUT2D eigenvalue weighted by Crippen LogP contribution is 2.56. The first-order valence-corrected chi connectivity index (χ1v) is 8.56. The minimum absolute atomic E-state index is 0.489. The predicted octanol–water partition coefficient (Wildman–Crippen LogP) is 5.40. The molecule has 4 unspecified atom stereocenters. The minimum atomic E-state index is 0.489. The molecule has 23 heavy (non-hydrogen) atoms. The minimum Gasteiger partial charge on any atom is -0.103 e. The van der Waals surface area contributed by atoms with Crippen LogP contribution < -0.4 is 0 Å². The second-order valence-corrected chi connectivity index (χ2v) is 6.96. The fourth-order valence-electron chi connectivity index (χ4n) is 4.86. The van der Waals surface area contributed by atoms with Crippen LogP contribution in [0.25, 0.3) is 0 Å². The molecule has 0 aromatic carbocycles. The van der Waals surface area contributed by atoms with Crippen LogP contribution in [-0.4, -0.2) is 0 Å². The average Bonchev–Trinajstić information content (AvgIpc) is 2.59. The topological polar surface area (TPSA) is 0 Å². The van der Waals surface area contributed by atoms with E-state index in [9.17, 15) is 0 Å². The number of hydrogen-bond donors (Lipinski definition) is 0. The molecule has 5 rings (SSSR count). The molecule has 0 aromatic rings. The first-order chi connectivity index (χ1) is 11.4. The van der Waals surface area contributed by atoms with Gasteiger partial charge in [0.25, 0.3) is 0 Å². The van der Waals surface area contributed by atoms with Gasteiger partial charge in [0.05, 0.1) is 0 Å². The van der Waals surface area contributed by atoms with Crippen LogP contribution in [0.4, 0.5) is 0 Å². The Labute approximate surface area is 138 Å². The van der Waals surface area contributed by atoms with Crippen LogP contribution in [0.2, 0.25) is 0 Å². The molecule has 1 saturated carbocycles. The number of rotatable bonds is 2. The molecule has 5 aliphatic carbocycles. The number of allylic oxidation sites excluding steroid dienone is 17. The van der Waals surface area contributed by atoms with Gasteiger partial charge in [0.1, 0.15) is 0 Å². The van der Waals surface area contributed by atoms with Gasteiger partial charge in [-0.3, -0.25) is 0 Å². The third-order valence-electron chi connectivity index (χ3n) is 5.73. The Morgan fingerprint density at radius 3 is 2.00 bits per heavy atom. The summed E-state index contributed by atoms with van der Waals surface area (Å²) in [6.07, 6.45) is 28.7. The van der Waals surface area contributed by atoms with Gasteiger partial charge in [-0.2, -0.15) is 0 Å². The van der Waals surface area contributed by atoms with Gasteiger partial charge >= 0.3 is 0 Å². The van der Waals surface area contributed by atoms with Gasteiger partial charge in [0, 0.05) is 23.7 Å². The molecular weight excluding hydrogens is 276 g/mol. The zero-order chi connectivity index (χ0) is 15.4. The Morgan fingerprint density at radius 2 is 1.35 bits per heavy atom. The standard InChI is InChI=1S/C23H20/c1-2-6-15-13-17-9-5-11-19-18-10-3-7-16-8-4-12-20(22(16)18)21(14-15)23(17)19/h2-5,7-14,16-17,22-23H,1,6H2. The predicted molar refractivity (Wildman–Crippen MR) is 96.6 cm³/mol. The van der Waals surface area contributed by atoms with Crippen LogP contribution in [0.5, 0.6) is 0 Å². The SMILES string of the molecule is C=CCC1=CC2C=CC=C3C4=CC=CC5C=CC=C(C(=C1)C32)C45. The summed E-state index contributed by atoms with van der Waals surface area (Å²) >= 11 is 0. The molecule has 0 heterocycles. The fourth-order valence-corrected chi connectivity index (χ4v) is 4.86. The Hall–Kier alpha value is -2.34. The Bertz CT molecular complexity index is 829. The largest absolute Gasteiger partial charge is 0.103 e. The first-order valence-electron chi connectivity index (χ1n) is 8.56. The molecule has 0 radical (unpaired) electrons. The highest BCUT2D eigenvalue weighted by molar-refractivity contribution is 5.65. The summed E-state index contributed by atoms with van der Waals surface area (Å²) in [5.74, 6) is 2.01. The summed E-state index contributed by atoms with van der Waals surface area (Å²) in [7, 11) is 0. The maximum absolute atomic E-state index is 3.92. The normalized spacial score (nSPS) is 35.2. The summed E-state index contributed by atoms with van der Waals surface area (Å²) in [5, 5.41) is 0. The van der Waals surface area contributed by atoms with Crippen LogP contribution in [0.15, 0.2) is 107 Å². The van der Waals surface area contributed by atoms with E-state index in [0.717, 1.165) is 6.42 Å². The van der Waals surface area contributed by atoms with Gasteiger partial charge in [-0.15, -0.1) is 6.58 Å². The summed E-state index contributed by atoms with van der Waals surface area (Å²) in [6.45, 7) is 3.92. The lowest BCUT2D eigenvalue weighted by Crippen LogP contribution is -2.36. The summed E-state index contributed by atoms with van der Waals surface area (Å²) in [5.41, 5.74) is 7.55. The van der Waals surface area contributed by atoms with Crippen molar-refractivity contribution in [3.8, 4) is 0 Å². The van der Waals surface area contributed by atoms with Crippen LogP contribution in [-0.2, 0) is 0 Å². The van der Waals surface area contributed by atoms with Crippen LogP contribution >= 0.6 is 0 Å². The lowest BCUT2D eigenvalue weighted by atomic mass is 9.57. The third kappa shape index (κ3) is 1.78. The second kappa shape index (κ2) is 4.83. The van der Waals surface area contributed by atoms with Gasteiger partial charge in [-0.05, 0) is 34.3 Å². The first kappa shape index (κ1) is 13.1. The lowest BCUT2D eigenvalue weighted by molar-refractivity contribution is 0.492. The fraction of sp³-hybridized carbons (Fsp3) is 0.217. The van der Waals surface area contributed by atoms with Crippen molar-refractivity contribution in [2.24, 2.45) is 23.7 Å². The molecule has 0 aromatic heterocycles. The summed E-state index contributed by atoms with van der Waals surface area (Å²) < 4.78 is 0. The zero-order valence-electron chi connectivity index (χ0n) is 13.2. The van der Waals surface area contributed by atoms with Crippen LogP contribution in [0, 0.1) is 23.7 Å². The van der Waals surface area contributed by atoms with Crippen molar-refractivity contribution in [2.45, 2.75) is 6.42 Å². The molecule has 0 amide bonds. The maximum atomic E-state index is 3.92. The van der Waals surface area contributed by atoms with Gasteiger partial charge in [-0.1, -0.05) is 72.9 Å². The van der Waals surface area contributed by atoms with Crippen LogP contribution in [0.1, 0.15) is 6.42 Å². The van der Waals surface area contributed by atoms with E-state index in [1.165, 1.54) is 27.9 Å². The van der Waals surface area contributed by atoms with E-state index in [1.807, 2.05) is 6.08 Å². The number of fused-ring (bicyclic) bond motifs is 2. The Balaban J connectivity index is 1.74. The molecule has 1 fully saturated rings. The molecule has 5 aliphatic rings. The summed E-state index contributed by atoms with van der Waals surface area (Å²) in [6, 6.07) is 0. The maximum Gasteiger partial charge on any atom is 0.0193 e. The third-order valence-corrected chi connectivity index (χ3v) is 5.73. The van der Waals surface area contributed by atoms with E-state index in [1.54, 1.807) is 0 Å². The Kier molecular flexibility index (Phi) is 2.76. The Morgan fingerprint density at radius 1 is 0.783 bits per heavy atom. The molecule has 4 atom stereocenters. The van der Waals surface area contributed by atoms with E-state index in [-0.39, 0.29) is 0 Å². The van der Waals surface area contributed by atoms with Crippen molar-refractivity contribution in [3.05, 3.63) is 107 Å². The van der Waals surface area contributed by atoms with E-state index in [4.69, 9.17) is 0 Å². The molecule has 0 spiro atoms. The molecule has 0 nitrogen and oxygen atoms in total. The second-order valence-electron chi connectivity index (χ2n) is 6.96. The molecule has 112 valence electrons. The van der Waals surface area contributed by atoms with Crippen molar-refractivity contribution >= 4 is 0 Å². The van der Waals surface area contributed by atoms with Gasteiger partial charge in [-0.25, -0.2) is 0 Å². The van der Waals surface area contributed by atoms with Crippen molar-refractivity contribution in [3.63, 3.8) is 0 Å². The van der Waals surface area contributed by atoms with E-state index >= 15 is 0 Å². The van der Waals surface area contributed by atoms with E-state index in [2.05, 4.69) is 73.4 Å². The van der Waals surface area contributed by atoms with Crippen molar-refractivity contribution in [2.75, 3.05) is 0 Å². The van der Waals surface area contributed by atoms with E-state index < -0.39 is 0 Å². The highest BCUT2D eigenvalue weighted by atomic mass is 14.5. The molecule has 0 bridgehead atoms. The monoisotopic (exact) mass is 296 g/mol. The average molecular weight is 296 g/mol. The highest BCUT2D eigenvalue weighted by Gasteiger charge is 2.44. The molecule has 0 heteroatoms. The summed E-state index contributed by atoms with van der Waals surface area (Å²) in [4.78, 5) is 0. The van der Waals surface area contributed by atoms with Crippen molar-refractivity contribution in [1.29, 1.82) is 0 Å². The van der Waals surface area contributed by atoms with Crippen molar-refractivity contribution in [1.82, 2.24) is 0 Å². The van der Waals surface area contributed by atoms with Gasteiger partial charge < -0.3 is 0 Å². The van der Waals surface area contributed by atoms with Gasteiger partial charge in [0.2, 0.25) is 0 Å². The molecule has 0 saturated heterocycles. The van der Waals surface area contributed by atoms with Gasteiger partial charge in [0.15, 0.2) is 0 Å². The van der Waals surface area contributed by atoms with Crippen LogP contribution in [0.3, 0.4) is 0 Å².